The molecule has 3 aromatic carbocycles. The molecule has 182 valence electrons. The minimum atomic E-state index is -0.335. The highest BCUT2D eigenvalue weighted by Gasteiger charge is 2.18. The summed E-state index contributed by atoms with van der Waals surface area (Å²) < 4.78 is 16.6. The largest absolute Gasteiger partial charge is 0.352 e. The van der Waals surface area contributed by atoms with Crippen molar-refractivity contribution in [1.29, 1.82) is 0 Å². The molecular weight excluding hydrogens is 455 g/mol. The summed E-state index contributed by atoms with van der Waals surface area (Å²) in [4.78, 5) is 26.3. The number of carbonyl (C=O) groups excluding carboxylic acids is 1. The molecule has 5 aromatic rings. The number of carbonyl (C=O) groups is 1. The third-order valence-corrected chi connectivity index (χ3v) is 6.44. The Morgan fingerprint density at radius 2 is 1.67 bits per heavy atom. The van der Waals surface area contributed by atoms with Crippen LogP contribution in [0.15, 0.2) is 89.9 Å². The molecule has 36 heavy (non-hydrogen) atoms. The third-order valence-electron chi connectivity index (χ3n) is 6.44. The Morgan fingerprint density at radius 3 is 2.44 bits per heavy atom. The molecule has 2 aromatic heterocycles. The Hall–Kier alpha value is -4.26. The van der Waals surface area contributed by atoms with Crippen LogP contribution in [-0.4, -0.2) is 26.3 Å². The molecular formula is C29H27FN4O2. The monoisotopic (exact) mass is 482 g/mol. The van der Waals surface area contributed by atoms with Crippen molar-refractivity contribution in [2.24, 2.45) is 0 Å². The van der Waals surface area contributed by atoms with Gasteiger partial charge in [0.05, 0.1) is 6.20 Å². The fourth-order valence-electron chi connectivity index (χ4n) is 4.60. The van der Waals surface area contributed by atoms with Gasteiger partial charge in [-0.1, -0.05) is 60.7 Å². The summed E-state index contributed by atoms with van der Waals surface area (Å²) in [5, 5.41) is 8.92. The van der Waals surface area contributed by atoms with E-state index in [2.05, 4.69) is 22.5 Å². The Balaban J connectivity index is 1.40. The smallest absolute Gasteiger partial charge is 0.291 e. The van der Waals surface area contributed by atoms with Crippen LogP contribution in [0.5, 0.6) is 0 Å². The lowest BCUT2D eigenvalue weighted by molar-refractivity contribution is -0.122. The maximum Gasteiger partial charge on any atom is 0.291 e. The molecule has 0 aliphatic heterocycles. The van der Waals surface area contributed by atoms with E-state index in [1.54, 1.807) is 18.3 Å². The fourth-order valence-corrected chi connectivity index (χ4v) is 4.60. The first-order valence-corrected chi connectivity index (χ1v) is 12.0. The molecule has 2 heterocycles. The van der Waals surface area contributed by atoms with Gasteiger partial charge in [0.2, 0.25) is 5.91 Å². The van der Waals surface area contributed by atoms with Crippen molar-refractivity contribution in [3.8, 4) is 0 Å². The highest BCUT2D eigenvalue weighted by Crippen LogP contribution is 2.27. The molecule has 0 bridgehead atoms. The summed E-state index contributed by atoms with van der Waals surface area (Å²) in [6, 6.07) is 24.0. The van der Waals surface area contributed by atoms with Crippen molar-refractivity contribution in [3.05, 3.63) is 112 Å². The minimum absolute atomic E-state index is 0.0398. The van der Waals surface area contributed by atoms with Gasteiger partial charge >= 0.3 is 0 Å². The molecule has 0 fully saturated rings. The Morgan fingerprint density at radius 1 is 0.944 bits per heavy atom. The van der Waals surface area contributed by atoms with Gasteiger partial charge in [-0.2, -0.15) is 5.10 Å². The quantitative estimate of drug-likeness (QED) is 0.349. The predicted molar refractivity (Wildman–Crippen MR) is 139 cm³/mol. The van der Waals surface area contributed by atoms with Gasteiger partial charge in [-0.05, 0) is 49.1 Å². The van der Waals surface area contributed by atoms with Crippen molar-refractivity contribution >= 4 is 27.7 Å². The van der Waals surface area contributed by atoms with Crippen molar-refractivity contribution in [2.75, 3.05) is 0 Å². The van der Waals surface area contributed by atoms with E-state index in [1.807, 2.05) is 54.0 Å². The molecule has 7 heteroatoms. The van der Waals surface area contributed by atoms with E-state index in [9.17, 15) is 14.0 Å². The molecule has 5 rings (SSSR count). The fraction of sp³-hybridized carbons (Fsp3) is 0.207. The van der Waals surface area contributed by atoms with Crippen LogP contribution < -0.4 is 10.9 Å². The molecule has 0 unspecified atom stereocenters. The number of nitrogens with one attached hydrogen (secondary N) is 1. The maximum absolute atomic E-state index is 13.5. The Bertz CT molecular complexity index is 1570. The highest BCUT2D eigenvalue weighted by atomic mass is 19.1. The number of hydrogen-bond acceptors (Lipinski definition) is 3. The second-order valence-corrected chi connectivity index (χ2v) is 9.09. The molecule has 0 aliphatic rings. The zero-order valence-electron chi connectivity index (χ0n) is 20.0. The van der Waals surface area contributed by atoms with E-state index in [-0.39, 0.29) is 29.9 Å². The summed E-state index contributed by atoms with van der Waals surface area (Å²) in [6.45, 7) is 2.19. The number of aromatic nitrogens is 3. The number of fused-ring (bicyclic) bond motifs is 3. The molecule has 1 N–H and O–H groups in total. The third kappa shape index (κ3) is 4.91. The van der Waals surface area contributed by atoms with Crippen LogP contribution >= 0.6 is 0 Å². The van der Waals surface area contributed by atoms with E-state index in [4.69, 9.17) is 0 Å². The van der Waals surface area contributed by atoms with Crippen molar-refractivity contribution < 1.29 is 9.18 Å². The number of rotatable bonds is 8. The number of para-hydroxylation sites is 1. The number of nitrogens with zero attached hydrogens (tertiary/aromatic N) is 3. The van der Waals surface area contributed by atoms with E-state index < -0.39 is 0 Å². The lowest BCUT2D eigenvalue weighted by Crippen LogP contribution is -2.38. The van der Waals surface area contributed by atoms with Crippen LogP contribution in [0.3, 0.4) is 0 Å². The van der Waals surface area contributed by atoms with Crippen LogP contribution in [0.1, 0.15) is 24.5 Å². The lowest BCUT2D eigenvalue weighted by Gasteiger charge is -2.14. The van der Waals surface area contributed by atoms with Crippen molar-refractivity contribution in [1.82, 2.24) is 19.7 Å². The van der Waals surface area contributed by atoms with Gasteiger partial charge in [-0.15, -0.1) is 0 Å². The SMILES string of the molecule is C[C@@H](CCc1ccccc1)NC(=O)Cn1ncc2c3ccccc3n(Cc3ccc(F)cc3)c2c1=O. The average molecular weight is 483 g/mol. The van der Waals surface area contributed by atoms with Crippen molar-refractivity contribution in [2.45, 2.75) is 38.9 Å². The number of hydrogen-bond donors (Lipinski definition) is 1. The topological polar surface area (TPSA) is 68.9 Å². The molecule has 0 saturated heterocycles. The molecule has 6 nitrogen and oxygen atoms in total. The molecule has 0 spiro atoms. The average Bonchev–Trinajstić information content (AvgIpc) is 3.20. The zero-order chi connectivity index (χ0) is 25.1. The first-order chi connectivity index (χ1) is 17.5. The Kier molecular flexibility index (Phi) is 6.62. The normalized spacial score (nSPS) is 12.2. The summed E-state index contributed by atoms with van der Waals surface area (Å²) in [5.74, 6) is -0.567. The minimum Gasteiger partial charge on any atom is -0.352 e. The van der Waals surface area contributed by atoms with Gasteiger partial charge in [0.15, 0.2) is 0 Å². The van der Waals surface area contributed by atoms with Crippen LogP contribution in [0.25, 0.3) is 21.8 Å². The number of aryl methyl sites for hydroxylation is 1. The number of benzene rings is 3. The van der Waals surface area contributed by atoms with E-state index in [0.29, 0.717) is 12.1 Å². The van der Waals surface area contributed by atoms with Crippen LogP contribution in [0.2, 0.25) is 0 Å². The van der Waals surface area contributed by atoms with E-state index in [1.165, 1.54) is 22.4 Å². The maximum atomic E-state index is 13.5. The first kappa shape index (κ1) is 23.5. The van der Waals surface area contributed by atoms with Gasteiger partial charge in [-0.3, -0.25) is 9.59 Å². The highest BCUT2D eigenvalue weighted by molar-refractivity contribution is 6.07. The second-order valence-electron chi connectivity index (χ2n) is 9.09. The van der Waals surface area contributed by atoms with Gasteiger partial charge < -0.3 is 9.88 Å². The standard InChI is InChI=1S/C29H27FN4O2/c1-20(11-12-21-7-3-2-4-8-21)32-27(35)19-34-29(36)28-25(17-31-34)24-9-5-6-10-26(24)33(28)18-22-13-15-23(30)16-14-22/h2-10,13-17,20H,11-12,18-19H2,1H3,(H,32,35)/t20-/m0/s1. The van der Waals surface area contributed by atoms with Crippen LogP contribution in [0.4, 0.5) is 4.39 Å². The predicted octanol–water partition coefficient (Wildman–Crippen LogP) is 4.68. The molecule has 0 radical (unpaired) electrons. The zero-order valence-corrected chi connectivity index (χ0v) is 20.0. The summed E-state index contributed by atoms with van der Waals surface area (Å²) in [7, 11) is 0. The molecule has 0 saturated carbocycles. The second kappa shape index (κ2) is 10.2. The van der Waals surface area contributed by atoms with Gasteiger partial charge in [-0.25, -0.2) is 9.07 Å². The van der Waals surface area contributed by atoms with E-state index >= 15 is 0 Å². The number of amides is 1. The molecule has 1 atom stereocenters. The summed E-state index contributed by atoms with van der Waals surface area (Å²) in [6.07, 6.45) is 3.30. The van der Waals surface area contributed by atoms with Gasteiger partial charge in [0.25, 0.3) is 5.56 Å². The van der Waals surface area contributed by atoms with Gasteiger partial charge in [0, 0.05) is 28.9 Å². The molecule has 1 amide bonds. The first-order valence-electron chi connectivity index (χ1n) is 12.0. The number of halogens is 1. The van der Waals surface area contributed by atoms with Crippen LogP contribution in [-0.2, 0) is 24.3 Å². The lowest BCUT2D eigenvalue weighted by atomic mass is 10.1. The summed E-state index contributed by atoms with van der Waals surface area (Å²) in [5.41, 5.74) is 3.11. The van der Waals surface area contributed by atoms with Crippen molar-refractivity contribution in [3.63, 3.8) is 0 Å². The Labute approximate surface area is 208 Å². The van der Waals surface area contributed by atoms with Crippen LogP contribution in [0, 0.1) is 5.82 Å². The van der Waals surface area contributed by atoms with E-state index in [0.717, 1.165) is 34.7 Å². The summed E-state index contributed by atoms with van der Waals surface area (Å²) >= 11 is 0. The molecule has 0 aliphatic carbocycles. The van der Waals surface area contributed by atoms with Gasteiger partial charge in [0.1, 0.15) is 17.9 Å².